The number of hydrogen-bond acceptors (Lipinski definition) is 4. The smallest absolute Gasteiger partial charge is 0.117 e. The summed E-state index contributed by atoms with van der Waals surface area (Å²) in [6, 6.07) is 8.27. The Labute approximate surface area is 105 Å². The van der Waals surface area contributed by atoms with E-state index >= 15 is 0 Å². The maximum Gasteiger partial charge on any atom is 0.117 e. The molecule has 4 heteroatoms. The van der Waals surface area contributed by atoms with Crippen molar-refractivity contribution in [2.45, 2.75) is 31.2 Å². The molecule has 1 aromatic heterocycles. The molecule has 1 aromatic carbocycles. The molecule has 1 aliphatic carbocycles. The van der Waals surface area contributed by atoms with Crippen molar-refractivity contribution in [3.8, 4) is 0 Å². The van der Waals surface area contributed by atoms with Crippen LogP contribution in [-0.4, -0.2) is 16.5 Å². The second-order valence-corrected chi connectivity index (χ2v) is 5.62. The lowest BCUT2D eigenvalue weighted by atomic mass is 9.98. The summed E-state index contributed by atoms with van der Waals surface area (Å²) < 4.78 is 4.46. The third-order valence-corrected chi connectivity index (χ3v) is 4.51. The van der Waals surface area contributed by atoms with E-state index < -0.39 is 0 Å². The molecule has 0 saturated heterocycles. The van der Waals surface area contributed by atoms with Gasteiger partial charge in [-0.2, -0.15) is 4.37 Å². The fourth-order valence-electron chi connectivity index (χ4n) is 2.65. The average molecular weight is 247 g/mol. The fourth-order valence-corrected chi connectivity index (χ4v) is 3.53. The van der Waals surface area contributed by atoms with Gasteiger partial charge in [0.15, 0.2) is 0 Å². The van der Waals surface area contributed by atoms with Gasteiger partial charge in [-0.1, -0.05) is 25.0 Å². The molecule has 3 N–H and O–H groups in total. The Morgan fingerprint density at radius 1 is 1.29 bits per heavy atom. The quantitative estimate of drug-likeness (QED) is 0.876. The molecule has 1 saturated carbocycles. The van der Waals surface area contributed by atoms with Crippen LogP contribution in [0, 0.1) is 0 Å². The van der Waals surface area contributed by atoms with Crippen molar-refractivity contribution in [1.82, 2.24) is 4.37 Å². The van der Waals surface area contributed by atoms with Gasteiger partial charge in [-0.3, -0.25) is 0 Å². The van der Waals surface area contributed by atoms with Crippen LogP contribution < -0.4 is 11.1 Å². The van der Waals surface area contributed by atoms with E-state index in [1.165, 1.54) is 36.1 Å². The van der Waals surface area contributed by atoms with E-state index in [2.05, 4.69) is 27.9 Å². The van der Waals surface area contributed by atoms with Gasteiger partial charge >= 0.3 is 0 Å². The first kappa shape index (κ1) is 11.0. The minimum Gasteiger partial charge on any atom is -0.368 e. The number of anilines is 1. The topological polar surface area (TPSA) is 50.9 Å². The molecule has 0 atom stereocenters. The van der Waals surface area contributed by atoms with Crippen molar-refractivity contribution >= 4 is 27.4 Å². The maximum atomic E-state index is 5.95. The Morgan fingerprint density at radius 3 is 2.82 bits per heavy atom. The minimum absolute atomic E-state index is 0.106. The summed E-state index contributed by atoms with van der Waals surface area (Å²) in [5, 5.41) is 6.05. The molecule has 3 rings (SSSR count). The summed E-state index contributed by atoms with van der Waals surface area (Å²) in [6.07, 6.45) is 4.91. The number of nitrogens with zero attached hydrogens (tertiary/aromatic N) is 1. The summed E-state index contributed by atoms with van der Waals surface area (Å²) >= 11 is 1.55. The molecular weight excluding hydrogens is 230 g/mol. The van der Waals surface area contributed by atoms with Crippen molar-refractivity contribution in [2.75, 3.05) is 11.9 Å². The van der Waals surface area contributed by atoms with E-state index in [1.807, 2.05) is 6.07 Å². The minimum atomic E-state index is 0.106. The van der Waals surface area contributed by atoms with Crippen LogP contribution in [0.4, 0.5) is 5.00 Å². The van der Waals surface area contributed by atoms with Gasteiger partial charge in [-0.05, 0) is 36.5 Å². The molecule has 2 aromatic rings. The van der Waals surface area contributed by atoms with Crippen molar-refractivity contribution in [3.63, 3.8) is 0 Å². The Morgan fingerprint density at radius 2 is 2.06 bits per heavy atom. The molecule has 0 radical (unpaired) electrons. The standard InChI is InChI=1S/C13H17N3S/c14-9-13(7-3-4-8-13)15-12-10-5-1-2-6-11(10)16-17-12/h1-2,5-6,15H,3-4,7-9,14H2. The first-order valence-electron chi connectivity index (χ1n) is 6.16. The number of fused-ring (bicyclic) bond motifs is 1. The zero-order valence-electron chi connectivity index (χ0n) is 9.78. The molecule has 90 valence electrons. The van der Waals surface area contributed by atoms with E-state index in [0.29, 0.717) is 6.54 Å². The predicted octanol–water partition coefficient (Wildman–Crippen LogP) is 2.98. The van der Waals surface area contributed by atoms with Crippen molar-refractivity contribution in [2.24, 2.45) is 5.73 Å². The zero-order valence-corrected chi connectivity index (χ0v) is 10.6. The number of benzene rings is 1. The lowest BCUT2D eigenvalue weighted by molar-refractivity contribution is 0.495. The van der Waals surface area contributed by atoms with Gasteiger partial charge in [0.1, 0.15) is 5.00 Å². The van der Waals surface area contributed by atoms with Gasteiger partial charge in [0.2, 0.25) is 0 Å². The first-order chi connectivity index (χ1) is 8.33. The van der Waals surface area contributed by atoms with Crippen LogP contribution >= 0.6 is 11.5 Å². The second kappa shape index (κ2) is 4.27. The van der Waals surface area contributed by atoms with Gasteiger partial charge in [0.05, 0.1) is 11.1 Å². The molecule has 0 bridgehead atoms. The van der Waals surface area contributed by atoms with Crippen LogP contribution in [-0.2, 0) is 0 Å². The number of aromatic nitrogens is 1. The van der Waals surface area contributed by atoms with E-state index in [-0.39, 0.29) is 5.54 Å². The largest absolute Gasteiger partial charge is 0.368 e. The Kier molecular flexibility index (Phi) is 2.76. The molecule has 3 nitrogen and oxygen atoms in total. The van der Waals surface area contributed by atoms with E-state index in [1.54, 1.807) is 11.5 Å². The molecular formula is C13H17N3S. The Bertz CT molecular complexity index is 514. The highest BCUT2D eigenvalue weighted by atomic mass is 32.1. The maximum absolute atomic E-state index is 5.95. The molecule has 1 fully saturated rings. The molecule has 0 amide bonds. The van der Waals surface area contributed by atoms with Crippen LogP contribution in [0.1, 0.15) is 25.7 Å². The fraction of sp³-hybridized carbons (Fsp3) is 0.462. The van der Waals surface area contributed by atoms with Crippen LogP contribution in [0.2, 0.25) is 0 Å². The van der Waals surface area contributed by atoms with Crippen molar-refractivity contribution in [3.05, 3.63) is 24.3 Å². The monoisotopic (exact) mass is 247 g/mol. The summed E-state index contributed by atoms with van der Waals surface area (Å²) in [7, 11) is 0. The SMILES string of the molecule is NCC1(Nc2snc3ccccc23)CCCC1. The van der Waals surface area contributed by atoms with Crippen LogP contribution in [0.3, 0.4) is 0 Å². The van der Waals surface area contributed by atoms with Crippen LogP contribution in [0.25, 0.3) is 10.9 Å². The van der Waals surface area contributed by atoms with Crippen molar-refractivity contribution < 1.29 is 0 Å². The zero-order chi connectivity index (χ0) is 11.7. The highest BCUT2D eigenvalue weighted by Gasteiger charge is 2.33. The molecule has 17 heavy (non-hydrogen) atoms. The average Bonchev–Trinajstić information content (AvgIpc) is 2.99. The summed E-state index contributed by atoms with van der Waals surface area (Å²) in [5.74, 6) is 0. The first-order valence-corrected chi connectivity index (χ1v) is 6.93. The van der Waals surface area contributed by atoms with Gasteiger partial charge in [0.25, 0.3) is 0 Å². The summed E-state index contributed by atoms with van der Waals surface area (Å²) in [6.45, 7) is 0.708. The molecule has 0 spiro atoms. The molecule has 1 aliphatic rings. The number of hydrogen-bond donors (Lipinski definition) is 2. The molecule has 1 heterocycles. The summed E-state index contributed by atoms with van der Waals surface area (Å²) in [5.41, 5.74) is 7.13. The van der Waals surface area contributed by atoms with Crippen molar-refractivity contribution in [1.29, 1.82) is 0 Å². The highest BCUT2D eigenvalue weighted by molar-refractivity contribution is 7.11. The van der Waals surface area contributed by atoms with Crippen LogP contribution in [0.15, 0.2) is 24.3 Å². The van der Waals surface area contributed by atoms with Crippen LogP contribution in [0.5, 0.6) is 0 Å². The molecule has 0 unspecified atom stereocenters. The normalized spacial score (nSPS) is 18.6. The van der Waals surface area contributed by atoms with Gasteiger partial charge < -0.3 is 11.1 Å². The number of nitrogens with two attached hydrogens (primary N) is 1. The van der Waals surface area contributed by atoms with E-state index in [0.717, 1.165) is 5.52 Å². The van der Waals surface area contributed by atoms with Gasteiger partial charge in [-0.15, -0.1) is 0 Å². The third kappa shape index (κ3) is 1.91. The lowest BCUT2D eigenvalue weighted by Gasteiger charge is -2.29. The number of rotatable bonds is 3. The van der Waals surface area contributed by atoms with Gasteiger partial charge in [0, 0.05) is 11.9 Å². The van der Waals surface area contributed by atoms with E-state index in [4.69, 9.17) is 5.73 Å². The summed E-state index contributed by atoms with van der Waals surface area (Å²) in [4.78, 5) is 0. The highest BCUT2D eigenvalue weighted by Crippen LogP contribution is 2.36. The Balaban J connectivity index is 1.94. The predicted molar refractivity (Wildman–Crippen MR) is 73.5 cm³/mol. The van der Waals surface area contributed by atoms with Gasteiger partial charge in [-0.25, -0.2) is 0 Å². The third-order valence-electron chi connectivity index (χ3n) is 3.71. The second-order valence-electron chi connectivity index (χ2n) is 4.85. The lowest BCUT2D eigenvalue weighted by Crippen LogP contribution is -2.42. The Hall–Kier alpha value is -1.13. The van der Waals surface area contributed by atoms with E-state index in [9.17, 15) is 0 Å². The molecule has 0 aliphatic heterocycles. The number of nitrogens with one attached hydrogen (secondary N) is 1.